The molecule has 2 rings (SSSR count). The van der Waals surface area contributed by atoms with Gasteiger partial charge in [-0.25, -0.2) is 4.98 Å². The first-order chi connectivity index (χ1) is 10.0. The molecule has 1 unspecified atom stereocenters. The molecule has 0 N–H and O–H groups in total. The van der Waals surface area contributed by atoms with E-state index in [9.17, 15) is 4.79 Å². The lowest BCUT2D eigenvalue weighted by Crippen LogP contribution is -2.18. The van der Waals surface area contributed by atoms with E-state index in [1.165, 1.54) is 0 Å². The Balaban J connectivity index is 2.27. The van der Waals surface area contributed by atoms with Gasteiger partial charge >= 0.3 is 5.97 Å². The van der Waals surface area contributed by atoms with Gasteiger partial charge in [-0.1, -0.05) is 19.0 Å². The molecule has 2 heterocycles. The molecule has 0 fully saturated rings. The molecule has 114 valence electrons. The van der Waals surface area contributed by atoms with Crippen LogP contribution in [-0.2, 0) is 16.6 Å². The van der Waals surface area contributed by atoms with Gasteiger partial charge in [0.25, 0.3) is 0 Å². The van der Waals surface area contributed by atoms with E-state index >= 15 is 0 Å². The summed E-state index contributed by atoms with van der Waals surface area (Å²) in [6, 6.07) is 0. The number of aromatic nitrogens is 4. The highest BCUT2D eigenvalue weighted by Gasteiger charge is 2.29. The SMILES string of the molecule is CCOC(=O)C(CC(C)C)c1nc(-c2nccn2C)no1. The molecule has 0 aliphatic carbocycles. The van der Waals surface area contributed by atoms with Crippen LogP contribution in [0.5, 0.6) is 0 Å². The summed E-state index contributed by atoms with van der Waals surface area (Å²) in [5.74, 6) is 0.684. The molecule has 7 nitrogen and oxygen atoms in total. The second-order valence-corrected chi connectivity index (χ2v) is 5.25. The minimum Gasteiger partial charge on any atom is -0.465 e. The summed E-state index contributed by atoms with van der Waals surface area (Å²) >= 11 is 0. The maximum Gasteiger partial charge on any atom is 0.318 e. The van der Waals surface area contributed by atoms with Gasteiger partial charge in [0.1, 0.15) is 5.92 Å². The molecule has 21 heavy (non-hydrogen) atoms. The molecule has 0 saturated carbocycles. The lowest BCUT2D eigenvalue weighted by Gasteiger charge is -2.13. The molecule has 0 aromatic carbocycles. The van der Waals surface area contributed by atoms with Crippen LogP contribution < -0.4 is 0 Å². The Bertz CT molecular complexity index is 603. The number of esters is 1. The average Bonchev–Trinajstić information content (AvgIpc) is 3.04. The average molecular weight is 292 g/mol. The zero-order valence-electron chi connectivity index (χ0n) is 12.7. The minimum absolute atomic E-state index is 0.278. The van der Waals surface area contributed by atoms with E-state index in [-0.39, 0.29) is 11.9 Å². The molecule has 0 radical (unpaired) electrons. The standard InChI is InChI=1S/C14H20N4O3/c1-5-20-14(19)10(8-9(2)3)13-16-11(17-21-13)12-15-6-7-18(12)4/h6-7,9-10H,5,8H2,1-4H3. The van der Waals surface area contributed by atoms with Crippen molar-refractivity contribution in [3.63, 3.8) is 0 Å². The van der Waals surface area contributed by atoms with Crippen molar-refractivity contribution < 1.29 is 14.1 Å². The van der Waals surface area contributed by atoms with Crippen molar-refractivity contribution in [1.29, 1.82) is 0 Å². The summed E-state index contributed by atoms with van der Waals surface area (Å²) in [6.07, 6.45) is 4.05. The number of hydrogen-bond donors (Lipinski definition) is 0. The first-order valence-corrected chi connectivity index (χ1v) is 7.00. The van der Waals surface area contributed by atoms with E-state index in [0.717, 1.165) is 0 Å². The molecule has 0 saturated heterocycles. The molecule has 2 aromatic heterocycles. The third-order valence-corrected chi connectivity index (χ3v) is 3.04. The quantitative estimate of drug-likeness (QED) is 0.759. The first-order valence-electron chi connectivity index (χ1n) is 7.00. The molecule has 7 heteroatoms. The monoisotopic (exact) mass is 292 g/mol. The molecular formula is C14H20N4O3. The largest absolute Gasteiger partial charge is 0.465 e. The summed E-state index contributed by atoms with van der Waals surface area (Å²) in [6.45, 7) is 6.16. The van der Waals surface area contributed by atoms with Crippen LogP contribution in [0.2, 0.25) is 0 Å². The first kappa shape index (κ1) is 15.2. The molecule has 0 bridgehead atoms. The maximum atomic E-state index is 12.1. The van der Waals surface area contributed by atoms with Crippen LogP contribution in [0.4, 0.5) is 0 Å². The summed E-state index contributed by atoms with van der Waals surface area (Å²) in [5, 5.41) is 3.91. The molecule has 0 amide bonds. The number of ether oxygens (including phenoxy) is 1. The molecule has 2 aromatic rings. The van der Waals surface area contributed by atoms with Gasteiger partial charge in [0, 0.05) is 19.4 Å². The Labute approximate surface area is 123 Å². The van der Waals surface area contributed by atoms with Crippen LogP contribution in [0, 0.1) is 5.92 Å². The van der Waals surface area contributed by atoms with Gasteiger partial charge in [-0.05, 0) is 19.3 Å². The number of hydrogen-bond acceptors (Lipinski definition) is 6. The van der Waals surface area contributed by atoms with E-state index in [4.69, 9.17) is 9.26 Å². The number of carbonyl (C=O) groups is 1. The maximum absolute atomic E-state index is 12.1. The highest BCUT2D eigenvalue weighted by atomic mass is 16.5. The molecule has 0 aliphatic heterocycles. The fourth-order valence-corrected chi connectivity index (χ4v) is 2.06. The van der Waals surface area contributed by atoms with Gasteiger partial charge in [-0.15, -0.1) is 0 Å². The van der Waals surface area contributed by atoms with Gasteiger partial charge in [0.15, 0.2) is 5.82 Å². The second-order valence-electron chi connectivity index (χ2n) is 5.25. The van der Waals surface area contributed by atoms with Crippen LogP contribution in [0.3, 0.4) is 0 Å². The van der Waals surface area contributed by atoms with E-state index in [0.29, 0.717) is 30.6 Å². The van der Waals surface area contributed by atoms with Gasteiger partial charge in [0.05, 0.1) is 6.61 Å². The number of carbonyl (C=O) groups excluding carboxylic acids is 1. The third kappa shape index (κ3) is 3.48. The Morgan fingerprint density at radius 3 is 2.81 bits per heavy atom. The molecule has 0 aliphatic rings. The Morgan fingerprint density at radius 2 is 2.24 bits per heavy atom. The van der Waals surface area contributed by atoms with E-state index in [1.807, 2.05) is 20.9 Å². The predicted molar refractivity (Wildman–Crippen MR) is 75.3 cm³/mol. The van der Waals surface area contributed by atoms with Crippen molar-refractivity contribution in [2.24, 2.45) is 13.0 Å². The summed E-state index contributed by atoms with van der Waals surface area (Å²) < 4.78 is 12.1. The van der Waals surface area contributed by atoms with Crippen molar-refractivity contribution in [2.75, 3.05) is 6.61 Å². The lowest BCUT2D eigenvalue weighted by atomic mass is 9.97. The van der Waals surface area contributed by atoms with Gasteiger partial charge in [-0.2, -0.15) is 4.98 Å². The van der Waals surface area contributed by atoms with Crippen LogP contribution >= 0.6 is 0 Å². The van der Waals surface area contributed by atoms with E-state index in [2.05, 4.69) is 15.1 Å². The summed E-state index contributed by atoms with van der Waals surface area (Å²) in [7, 11) is 1.84. The van der Waals surface area contributed by atoms with E-state index in [1.54, 1.807) is 23.9 Å². The number of aryl methyl sites for hydroxylation is 1. The Morgan fingerprint density at radius 1 is 1.48 bits per heavy atom. The second kappa shape index (κ2) is 6.51. The summed E-state index contributed by atoms with van der Waals surface area (Å²) in [5.41, 5.74) is 0. The lowest BCUT2D eigenvalue weighted by molar-refractivity contribution is -0.146. The molecule has 0 spiro atoms. The van der Waals surface area contributed by atoms with Gasteiger partial charge in [0.2, 0.25) is 11.7 Å². The van der Waals surface area contributed by atoms with Crippen molar-refractivity contribution in [2.45, 2.75) is 33.1 Å². The van der Waals surface area contributed by atoms with Crippen LogP contribution in [-0.4, -0.2) is 32.3 Å². The molecule has 1 atom stereocenters. The predicted octanol–water partition coefficient (Wildman–Crippen LogP) is 2.16. The van der Waals surface area contributed by atoms with Gasteiger partial charge < -0.3 is 13.8 Å². The zero-order valence-corrected chi connectivity index (χ0v) is 12.7. The summed E-state index contributed by atoms with van der Waals surface area (Å²) in [4.78, 5) is 20.5. The highest BCUT2D eigenvalue weighted by Crippen LogP contribution is 2.25. The van der Waals surface area contributed by atoms with Crippen LogP contribution in [0.15, 0.2) is 16.9 Å². The number of rotatable bonds is 6. The highest BCUT2D eigenvalue weighted by molar-refractivity contribution is 5.76. The van der Waals surface area contributed by atoms with Crippen LogP contribution in [0.25, 0.3) is 11.6 Å². The fraction of sp³-hybridized carbons (Fsp3) is 0.571. The third-order valence-electron chi connectivity index (χ3n) is 3.04. The van der Waals surface area contributed by atoms with Crippen molar-refractivity contribution >= 4 is 5.97 Å². The Hall–Kier alpha value is -2.18. The van der Waals surface area contributed by atoms with Gasteiger partial charge in [-0.3, -0.25) is 4.79 Å². The number of nitrogens with zero attached hydrogens (tertiary/aromatic N) is 4. The van der Waals surface area contributed by atoms with Crippen molar-refractivity contribution in [3.8, 4) is 11.6 Å². The van der Waals surface area contributed by atoms with E-state index < -0.39 is 5.92 Å². The minimum atomic E-state index is -0.536. The topological polar surface area (TPSA) is 83.0 Å². The van der Waals surface area contributed by atoms with Crippen molar-refractivity contribution in [3.05, 3.63) is 18.3 Å². The normalized spacial score (nSPS) is 12.6. The fourth-order valence-electron chi connectivity index (χ4n) is 2.06. The Kier molecular flexibility index (Phi) is 4.72. The van der Waals surface area contributed by atoms with Crippen LogP contribution in [0.1, 0.15) is 39.0 Å². The molecular weight excluding hydrogens is 272 g/mol. The van der Waals surface area contributed by atoms with Crippen molar-refractivity contribution in [1.82, 2.24) is 19.7 Å². The number of imidazole rings is 1. The smallest absolute Gasteiger partial charge is 0.318 e. The zero-order chi connectivity index (χ0) is 15.4.